The van der Waals surface area contributed by atoms with Crippen molar-refractivity contribution >= 4 is 0 Å². The molecule has 0 aliphatic rings. The van der Waals surface area contributed by atoms with E-state index in [2.05, 4.69) is 0 Å². The number of hydrogen-bond acceptors (Lipinski definition) is 3. The molecule has 134 valence electrons. The fourth-order valence-electron chi connectivity index (χ4n) is 2.47. The fourth-order valence-corrected chi connectivity index (χ4v) is 2.47. The van der Waals surface area contributed by atoms with Crippen molar-refractivity contribution < 1.29 is 18.3 Å². The molecule has 0 unspecified atom stereocenters. The van der Waals surface area contributed by atoms with E-state index in [-0.39, 0.29) is 12.2 Å². The number of benzene rings is 3. The summed E-state index contributed by atoms with van der Waals surface area (Å²) in [5, 5.41) is 0. The highest BCUT2D eigenvalue weighted by atomic mass is 19.1. The van der Waals surface area contributed by atoms with Gasteiger partial charge in [-0.3, -0.25) is 0 Å². The van der Waals surface area contributed by atoms with Crippen molar-refractivity contribution in [3.05, 3.63) is 95.6 Å². The van der Waals surface area contributed by atoms with Gasteiger partial charge >= 0.3 is 0 Å². The summed E-state index contributed by atoms with van der Waals surface area (Å²) in [6, 6.07) is 19.6. The lowest BCUT2D eigenvalue weighted by Crippen LogP contribution is -2.20. The zero-order valence-corrected chi connectivity index (χ0v) is 14.1. The Kier molecular flexibility index (Phi) is 5.81. The van der Waals surface area contributed by atoms with Crippen molar-refractivity contribution in [3.8, 4) is 11.5 Å². The monoisotopic (exact) mass is 355 g/mol. The zero-order valence-electron chi connectivity index (χ0n) is 14.1. The van der Waals surface area contributed by atoms with Crippen molar-refractivity contribution in [1.82, 2.24) is 0 Å². The minimum absolute atomic E-state index is 0.0602. The first-order chi connectivity index (χ1) is 12.6. The van der Waals surface area contributed by atoms with Crippen LogP contribution in [-0.2, 0) is 6.61 Å². The average molecular weight is 355 g/mol. The Morgan fingerprint density at radius 2 is 1.54 bits per heavy atom. The van der Waals surface area contributed by atoms with Crippen LogP contribution in [0.25, 0.3) is 0 Å². The van der Waals surface area contributed by atoms with Gasteiger partial charge in [0.25, 0.3) is 0 Å². The highest BCUT2D eigenvalue weighted by molar-refractivity contribution is 5.33. The summed E-state index contributed by atoms with van der Waals surface area (Å²) in [5.74, 6) is -0.0925. The van der Waals surface area contributed by atoms with Crippen LogP contribution in [0.3, 0.4) is 0 Å². The maximum atomic E-state index is 13.8. The Hall–Kier alpha value is -2.92. The summed E-state index contributed by atoms with van der Waals surface area (Å²) in [6.07, 6.45) is 0. The average Bonchev–Trinajstić information content (AvgIpc) is 2.66. The highest BCUT2D eigenvalue weighted by Gasteiger charge is 2.13. The van der Waals surface area contributed by atoms with Crippen LogP contribution in [0.5, 0.6) is 11.5 Å². The van der Waals surface area contributed by atoms with E-state index < -0.39 is 17.7 Å². The van der Waals surface area contributed by atoms with Gasteiger partial charge in [-0.2, -0.15) is 0 Å². The molecule has 1 atom stereocenters. The first-order valence-corrected chi connectivity index (χ1v) is 8.22. The van der Waals surface area contributed by atoms with E-state index in [1.54, 1.807) is 18.2 Å². The van der Waals surface area contributed by atoms with Crippen LogP contribution >= 0.6 is 0 Å². The summed E-state index contributed by atoms with van der Waals surface area (Å²) >= 11 is 0. The molecule has 0 aliphatic carbocycles. The van der Waals surface area contributed by atoms with E-state index in [9.17, 15) is 8.78 Å². The molecular weight excluding hydrogens is 336 g/mol. The summed E-state index contributed by atoms with van der Waals surface area (Å²) < 4.78 is 38.1. The molecule has 0 amide bonds. The molecule has 0 saturated carbocycles. The molecule has 3 nitrogen and oxygen atoms in total. The van der Waals surface area contributed by atoms with Crippen LogP contribution in [0.1, 0.15) is 17.2 Å². The molecule has 0 heterocycles. The van der Waals surface area contributed by atoms with Crippen molar-refractivity contribution in [1.29, 1.82) is 0 Å². The Balaban J connectivity index is 1.58. The van der Waals surface area contributed by atoms with Gasteiger partial charge in [-0.1, -0.05) is 42.5 Å². The maximum absolute atomic E-state index is 13.8. The topological polar surface area (TPSA) is 44.5 Å². The number of nitrogens with two attached hydrogens (primary N) is 1. The Labute approximate surface area is 151 Å². The van der Waals surface area contributed by atoms with Crippen molar-refractivity contribution in [2.45, 2.75) is 12.6 Å². The summed E-state index contributed by atoms with van der Waals surface area (Å²) in [6.45, 7) is 0.509. The molecule has 3 rings (SSSR count). The molecule has 3 aromatic rings. The molecule has 0 saturated heterocycles. The van der Waals surface area contributed by atoms with E-state index in [4.69, 9.17) is 15.2 Å². The number of ether oxygens (including phenoxy) is 2. The van der Waals surface area contributed by atoms with Crippen LogP contribution in [0.15, 0.2) is 72.8 Å². The van der Waals surface area contributed by atoms with Gasteiger partial charge in [0.2, 0.25) is 0 Å². The van der Waals surface area contributed by atoms with Crippen LogP contribution in [0.2, 0.25) is 0 Å². The third-order valence-corrected chi connectivity index (χ3v) is 3.85. The van der Waals surface area contributed by atoms with E-state index in [0.29, 0.717) is 18.1 Å². The molecule has 5 heteroatoms. The minimum atomic E-state index is -0.704. The first kappa shape index (κ1) is 17.9. The summed E-state index contributed by atoms with van der Waals surface area (Å²) in [4.78, 5) is 0. The normalized spacial score (nSPS) is 11.8. The number of hydrogen-bond donors (Lipinski definition) is 1. The zero-order chi connectivity index (χ0) is 18.4. The largest absolute Gasteiger partial charge is 0.491 e. The molecule has 0 bridgehead atoms. The molecule has 2 N–H and O–H groups in total. The molecule has 0 aromatic heterocycles. The smallest absolute Gasteiger partial charge is 0.131 e. The SMILES string of the molecule is N[C@@H](COc1cccc(OCc2ccccc2)c1)c1ccc(F)cc1F. The van der Waals surface area contributed by atoms with E-state index >= 15 is 0 Å². The van der Waals surface area contributed by atoms with Gasteiger partial charge in [0, 0.05) is 17.7 Å². The second-order valence-corrected chi connectivity index (χ2v) is 5.83. The second kappa shape index (κ2) is 8.45. The molecule has 0 aliphatic heterocycles. The van der Waals surface area contributed by atoms with E-state index in [0.717, 1.165) is 11.6 Å². The Morgan fingerprint density at radius 3 is 2.27 bits per heavy atom. The fraction of sp³-hybridized carbons (Fsp3) is 0.143. The van der Waals surface area contributed by atoms with Crippen molar-refractivity contribution in [2.75, 3.05) is 6.61 Å². The molecule has 0 radical (unpaired) electrons. The van der Waals surface area contributed by atoms with Gasteiger partial charge in [0.1, 0.15) is 36.3 Å². The van der Waals surface area contributed by atoms with E-state index in [1.807, 2.05) is 36.4 Å². The lowest BCUT2D eigenvalue weighted by molar-refractivity contribution is 0.279. The van der Waals surface area contributed by atoms with Crippen LogP contribution in [-0.4, -0.2) is 6.61 Å². The van der Waals surface area contributed by atoms with Gasteiger partial charge < -0.3 is 15.2 Å². The Bertz CT molecular complexity index is 856. The third-order valence-electron chi connectivity index (χ3n) is 3.85. The predicted molar refractivity (Wildman–Crippen MR) is 96.0 cm³/mol. The molecule has 3 aromatic carbocycles. The maximum Gasteiger partial charge on any atom is 0.131 e. The molecule has 0 fully saturated rings. The summed E-state index contributed by atoms with van der Waals surface area (Å²) in [7, 11) is 0. The molecule has 0 spiro atoms. The van der Waals surface area contributed by atoms with Gasteiger partial charge in [-0.15, -0.1) is 0 Å². The Morgan fingerprint density at radius 1 is 0.808 bits per heavy atom. The minimum Gasteiger partial charge on any atom is -0.491 e. The first-order valence-electron chi connectivity index (χ1n) is 8.22. The number of halogens is 2. The van der Waals surface area contributed by atoms with Gasteiger partial charge in [-0.05, 0) is 23.8 Å². The van der Waals surface area contributed by atoms with E-state index in [1.165, 1.54) is 12.1 Å². The van der Waals surface area contributed by atoms with Crippen molar-refractivity contribution in [3.63, 3.8) is 0 Å². The lowest BCUT2D eigenvalue weighted by Gasteiger charge is -2.15. The third kappa shape index (κ3) is 4.80. The molecule has 26 heavy (non-hydrogen) atoms. The second-order valence-electron chi connectivity index (χ2n) is 5.83. The molecular formula is C21H19F2NO2. The highest BCUT2D eigenvalue weighted by Crippen LogP contribution is 2.22. The van der Waals surface area contributed by atoms with Crippen LogP contribution < -0.4 is 15.2 Å². The standard InChI is InChI=1S/C21H19F2NO2/c22-16-9-10-19(20(23)11-16)21(24)14-26-18-8-4-7-17(12-18)25-13-15-5-2-1-3-6-15/h1-12,21H,13-14,24H2/t21-/m0/s1. The van der Waals surface area contributed by atoms with Crippen LogP contribution in [0.4, 0.5) is 8.78 Å². The van der Waals surface area contributed by atoms with Crippen LogP contribution in [0, 0.1) is 11.6 Å². The van der Waals surface area contributed by atoms with Crippen molar-refractivity contribution in [2.24, 2.45) is 5.73 Å². The van der Waals surface area contributed by atoms with Gasteiger partial charge in [0.05, 0.1) is 6.04 Å². The van der Waals surface area contributed by atoms with Gasteiger partial charge in [-0.25, -0.2) is 8.78 Å². The lowest BCUT2D eigenvalue weighted by atomic mass is 10.1. The summed E-state index contributed by atoms with van der Waals surface area (Å²) in [5.41, 5.74) is 7.22. The predicted octanol–water partition coefficient (Wildman–Crippen LogP) is 4.62. The quantitative estimate of drug-likeness (QED) is 0.672. The van der Waals surface area contributed by atoms with Gasteiger partial charge in [0.15, 0.2) is 0 Å². The number of rotatable bonds is 7.